The number of sulfonamides is 1. The molecule has 0 saturated carbocycles. The molecule has 1 saturated heterocycles. The number of aryl methyl sites for hydroxylation is 2. The molecule has 0 spiro atoms. The Kier molecular flexibility index (Phi) is 7.89. The van der Waals surface area contributed by atoms with Crippen LogP contribution in [0.15, 0.2) is 41.6 Å². The van der Waals surface area contributed by atoms with Gasteiger partial charge in [-0.15, -0.1) is 0 Å². The van der Waals surface area contributed by atoms with Crippen molar-refractivity contribution in [1.29, 1.82) is 0 Å². The molecule has 0 aliphatic carbocycles. The Labute approximate surface area is 186 Å². The highest BCUT2D eigenvalue weighted by molar-refractivity contribution is 7.89. The molecule has 0 bridgehead atoms. The zero-order valence-corrected chi connectivity index (χ0v) is 19.6. The van der Waals surface area contributed by atoms with Crippen molar-refractivity contribution < 1.29 is 13.2 Å². The highest BCUT2D eigenvalue weighted by Crippen LogP contribution is 2.26. The van der Waals surface area contributed by atoms with Gasteiger partial charge in [0.1, 0.15) is 0 Å². The normalized spacial score (nSPS) is 17.6. The van der Waals surface area contributed by atoms with Gasteiger partial charge in [0.2, 0.25) is 15.9 Å². The summed E-state index contributed by atoms with van der Waals surface area (Å²) in [6, 6.07) is 7.02. The van der Waals surface area contributed by atoms with Gasteiger partial charge in [-0.05, 0) is 58.1 Å². The van der Waals surface area contributed by atoms with E-state index in [1.54, 1.807) is 16.4 Å². The molecule has 0 radical (unpaired) electrons. The highest BCUT2D eigenvalue weighted by atomic mass is 32.2. The van der Waals surface area contributed by atoms with E-state index in [0.717, 1.165) is 30.5 Å². The van der Waals surface area contributed by atoms with Crippen LogP contribution in [-0.2, 0) is 27.9 Å². The highest BCUT2D eigenvalue weighted by Gasteiger charge is 2.30. The Morgan fingerprint density at radius 1 is 1.23 bits per heavy atom. The molecule has 7 nitrogen and oxygen atoms in total. The zero-order valence-electron chi connectivity index (χ0n) is 18.8. The van der Waals surface area contributed by atoms with Crippen molar-refractivity contribution in [2.75, 3.05) is 19.6 Å². The Hall–Kier alpha value is -2.19. The van der Waals surface area contributed by atoms with E-state index in [4.69, 9.17) is 0 Å². The van der Waals surface area contributed by atoms with E-state index in [-0.39, 0.29) is 11.8 Å². The third kappa shape index (κ3) is 5.95. The fraction of sp³-hybridized carbons (Fsp3) is 0.565. The summed E-state index contributed by atoms with van der Waals surface area (Å²) in [5, 5.41) is 4.28. The maximum absolute atomic E-state index is 13.0. The number of hydrogen-bond donors (Lipinski definition) is 0. The summed E-state index contributed by atoms with van der Waals surface area (Å²) in [5.41, 5.74) is 2.07. The Morgan fingerprint density at radius 3 is 2.61 bits per heavy atom. The molecule has 1 aliphatic heterocycles. The van der Waals surface area contributed by atoms with E-state index < -0.39 is 10.0 Å². The van der Waals surface area contributed by atoms with E-state index in [0.29, 0.717) is 43.9 Å². The molecule has 8 heteroatoms. The van der Waals surface area contributed by atoms with Gasteiger partial charge in [0.05, 0.1) is 11.1 Å². The molecule has 3 rings (SSSR count). The smallest absolute Gasteiger partial charge is 0.243 e. The van der Waals surface area contributed by atoms with Gasteiger partial charge in [-0.25, -0.2) is 8.42 Å². The molecule has 170 valence electrons. The summed E-state index contributed by atoms with van der Waals surface area (Å²) in [4.78, 5) is 15.0. The zero-order chi connectivity index (χ0) is 22.4. The van der Waals surface area contributed by atoms with E-state index in [1.165, 1.54) is 0 Å². The molecular formula is C23H34N4O3S. The van der Waals surface area contributed by atoms with Crippen molar-refractivity contribution in [1.82, 2.24) is 19.0 Å². The minimum Gasteiger partial charge on any atom is -0.339 e. The van der Waals surface area contributed by atoms with Gasteiger partial charge in [0.25, 0.3) is 0 Å². The van der Waals surface area contributed by atoms with E-state index in [1.807, 2.05) is 54.9 Å². The molecule has 0 N–H and O–H groups in total. The number of hydrogen-bond acceptors (Lipinski definition) is 4. The SMILES string of the molecule is CCN(Cc1cnn(CC)c1)C(=O)CCC1CCCN(S(=O)(=O)c2ccc(C)cc2)C1. The Balaban J connectivity index is 1.55. The molecule has 1 unspecified atom stereocenters. The van der Waals surface area contributed by atoms with Crippen molar-refractivity contribution >= 4 is 15.9 Å². The second-order valence-electron chi connectivity index (χ2n) is 8.34. The van der Waals surface area contributed by atoms with Gasteiger partial charge in [-0.3, -0.25) is 9.48 Å². The number of piperidine rings is 1. The van der Waals surface area contributed by atoms with Crippen molar-refractivity contribution in [2.24, 2.45) is 5.92 Å². The lowest BCUT2D eigenvalue weighted by Crippen LogP contribution is -2.40. The number of benzene rings is 1. The van der Waals surface area contributed by atoms with Gasteiger partial charge < -0.3 is 4.90 Å². The lowest BCUT2D eigenvalue weighted by atomic mass is 9.94. The van der Waals surface area contributed by atoms with Crippen molar-refractivity contribution in [2.45, 2.75) is 64.4 Å². The molecule has 2 aromatic rings. The number of aromatic nitrogens is 2. The summed E-state index contributed by atoms with van der Waals surface area (Å²) < 4.78 is 29.5. The van der Waals surface area contributed by atoms with Gasteiger partial charge >= 0.3 is 0 Å². The number of nitrogens with zero attached hydrogens (tertiary/aromatic N) is 4. The minimum absolute atomic E-state index is 0.116. The van der Waals surface area contributed by atoms with Gasteiger partial charge in [-0.1, -0.05) is 17.7 Å². The predicted octanol–water partition coefficient (Wildman–Crippen LogP) is 3.44. The molecule has 2 heterocycles. The van der Waals surface area contributed by atoms with Crippen LogP contribution in [0.25, 0.3) is 0 Å². The maximum atomic E-state index is 13.0. The van der Waals surface area contributed by atoms with E-state index >= 15 is 0 Å². The van der Waals surface area contributed by atoms with Crippen LogP contribution in [-0.4, -0.2) is 52.9 Å². The first kappa shape index (κ1) is 23.5. The summed E-state index contributed by atoms with van der Waals surface area (Å²) in [6.07, 6.45) is 6.74. The molecule has 31 heavy (non-hydrogen) atoms. The summed E-state index contributed by atoms with van der Waals surface area (Å²) in [5.74, 6) is 0.324. The van der Waals surface area contributed by atoms with Crippen LogP contribution < -0.4 is 0 Å². The molecule has 1 atom stereocenters. The lowest BCUT2D eigenvalue weighted by Gasteiger charge is -2.32. The molecule has 1 aromatic heterocycles. The summed E-state index contributed by atoms with van der Waals surface area (Å²) in [6.45, 7) is 9.01. The fourth-order valence-corrected chi connectivity index (χ4v) is 5.64. The number of rotatable bonds is 9. The minimum atomic E-state index is -3.48. The second kappa shape index (κ2) is 10.4. The lowest BCUT2D eigenvalue weighted by molar-refractivity contribution is -0.132. The fourth-order valence-electron chi connectivity index (χ4n) is 4.08. The average Bonchev–Trinajstić information content (AvgIpc) is 3.24. The van der Waals surface area contributed by atoms with Crippen LogP contribution in [0.1, 0.15) is 50.7 Å². The first-order valence-corrected chi connectivity index (χ1v) is 12.6. The van der Waals surface area contributed by atoms with Gasteiger partial charge in [-0.2, -0.15) is 9.40 Å². The maximum Gasteiger partial charge on any atom is 0.243 e. The third-order valence-electron chi connectivity index (χ3n) is 6.03. The monoisotopic (exact) mass is 446 g/mol. The van der Waals surface area contributed by atoms with Gasteiger partial charge in [0, 0.05) is 50.9 Å². The predicted molar refractivity (Wildman–Crippen MR) is 121 cm³/mol. The van der Waals surface area contributed by atoms with Crippen LogP contribution in [0.5, 0.6) is 0 Å². The van der Waals surface area contributed by atoms with Crippen molar-refractivity contribution in [3.05, 3.63) is 47.8 Å². The average molecular weight is 447 g/mol. The molecule has 1 amide bonds. The molecule has 1 aromatic carbocycles. The van der Waals surface area contributed by atoms with Crippen molar-refractivity contribution in [3.63, 3.8) is 0 Å². The van der Waals surface area contributed by atoms with Crippen LogP contribution in [0.4, 0.5) is 0 Å². The van der Waals surface area contributed by atoms with E-state index in [9.17, 15) is 13.2 Å². The molecule has 1 aliphatic rings. The third-order valence-corrected chi connectivity index (χ3v) is 7.90. The van der Waals surface area contributed by atoms with Crippen LogP contribution in [0.3, 0.4) is 0 Å². The first-order valence-electron chi connectivity index (χ1n) is 11.2. The second-order valence-corrected chi connectivity index (χ2v) is 10.3. The van der Waals surface area contributed by atoms with Gasteiger partial charge in [0.15, 0.2) is 0 Å². The number of carbonyl (C=O) groups is 1. The topological polar surface area (TPSA) is 75.5 Å². The molecular weight excluding hydrogens is 412 g/mol. The largest absolute Gasteiger partial charge is 0.339 e. The summed E-state index contributed by atoms with van der Waals surface area (Å²) >= 11 is 0. The Bertz CT molecular complexity index is 969. The first-order chi connectivity index (χ1) is 14.8. The van der Waals surface area contributed by atoms with Crippen molar-refractivity contribution in [3.8, 4) is 0 Å². The van der Waals surface area contributed by atoms with Crippen LogP contribution >= 0.6 is 0 Å². The number of carbonyl (C=O) groups excluding carboxylic acids is 1. The van der Waals surface area contributed by atoms with E-state index in [2.05, 4.69) is 5.10 Å². The van der Waals surface area contributed by atoms with Crippen LogP contribution in [0.2, 0.25) is 0 Å². The standard InChI is InChI=1S/C23H34N4O3S/c1-4-25(16-21-15-24-26(5-2)17-21)23(28)13-10-20-7-6-14-27(18-20)31(29,30)22-11-8-19(3)9-12-22/h8-9,11-12,15,17,20H,4-7,10,13-14,16,18H2,1-3H3. The Morgan fingerprint density at radius 2 is 1.97 bits per heavy atom. The summed E-state index contributed by atoms with van der Waals surface area (Å²) in [7, 11) is -3.48. The van der Waals surface area contributed by atoms with Crippen LogP contribution in [0, 0.1) is 12.8 Å². The number of amides is 1. The molecule has 1 fully saturated rings. The quantitative estimate of drug-likeness (QED) is 0.591.